The standard InChI is InChI=1S/C14H19N3O3S/c1-3-4-9-16-14(18)11-17(21(2,19)20)13-8-6-5-7-12(13)10-15/h5-8H,3-4,9,11H2,1-2H3,(H,16,18). The van der Waals surface area contributed by atoms with Crippen molar-refractivity contribution in [3.8, 4) is 6.07 Å². The van der Waals surface area contributed by atoms with Gasteiger partial charge in [-0.15, -0.1) is 0 Å². The number of nitrogens with zero attached hydrogens (tertiary/aromatic N) is 2. The topological polar surface area (TPSA) is 90.3 Å². The zero-order chi connectivity index (χ0) is 15.9. The van der Waals surface area contributed by atoms with Gasteiger partial charge in [0, 0.05) is 6.54 Å². The fourth-order valence-electron chi connectivity index (χ4n) is 1.76. The molecule has 6 nitrogen and oxygen atoms in total. The van der Waals surface area contributed by atoms with Crippen LogP contribution in [0.1, 0.15) is 25.3 Å². The second-order valence-electron chi connectivity index (χ2n) is 4.60. The molecule has 1 aromatic carbocycles. The number of benzene rings is 1. The van der Waals surface area contributed by atoms with E-state index in [4.69, 9.17) is 5.26 Å². The van der Waals surface area contributed by atoms with Crippen LogP contribution in [-0.4, -0.2) is 33.7 Å². The third-order valence-electron chi connectivity index (χ3n) is 2.83. The van der Waals surface area contributed by atoms with Gasteiger partial charge >= 0.3 is 0 Å². The maximum absolute atomic E-state index is 11.9. The lowest BCUT2D eigenvalue weighted by Crippen LogP contribution is -2.41. The second kappa shape index (κ2) is 7.64. The molecule has 7 heteroatoms. The van der Waals surface area contributed by atoms with E-state index in [1.54, 1.807) is 12.1 Å². The van der Waals surface area contributed by atoms with Gasteiger partial charge in [-0.25, -0.2) is 8.42 Å². The number of nitrogens with one attached hydrogen (secondary N) is 1. The van der Waals surface area contributed by atoms with Crippen molar-refractivity contribution in [2.24, 2.45) is 0 Å². The Hall–Kier alpha value is -2.07. The third kappa shape index (κ3) is 5.08. The summed E-state index contributed by atoms with van der Waals surface area (Å²) in [5.74, 6) is -0.387. The Morgan fingerprint density at radius 3 is 2.62 bits per heavy atom. The number of unbranched alkanes of at least 4 members (excludes halogenated alkanes) is 1. The smallest absolute Gasteiger partial charge is 0.240 e. The summed E-state index contributed by atoms with van der Waals surface area (Å²) in [6.07, 6.45) is 2.78. The van der Waals surface area contributed by atoms with E-state index < -0.39 is 10.0 Å². The summed E-state index contributed by atoms with van der Waals surface area (Å²) in [5, 5.41) is 11.7. The first kappa shape index (κ1) is 17.0. The number of anilines is 1. The summed E-state index contributed by atoms with van der Waals surface area (Å²) in [7, 11) is -3.65. The summed E-state index contributed by atoms with van der Waals surface area (Å²) in [5.41, 5.74) is 0.428. The molecular formula is C14H19N3O3S. The lowest BCUT2D eigenvalue weighted by atomic mass is 10.2. The maximum atomic E-state index is 11.9. The number of hydrogen-bond donors (Lipinski definition) is 1. The van der Waals surface area contributed by atoms with Gasteiger partial charge in [-0.1, -0.05) is 25.5 Å². The van der Waals surface area contributed by atoms with Crippen molar-refractivity contribution in [2.75, 3.05) is 23.7 Å². The van der Waals surface area contributed by atoms with E-state index in [1.165, 1.54) is 12.1 Å². The fourth-order valence-corrected chi connectivity index (χ4v) is 2.63. The number of nitriles is 1. The number of rotatable bonds is 7. The quantitative estimate of drug-likeness (QED) is 0.767. The van der Waals surface area contributed by atoms with Gasteiger partial charge in [0.05, 0.1) is 17.5 Å². The first-order chi connectivity index (χ1) is 9.90. The molecule has 0 saturated heterocycles. The largest absolute Gasteiger partial charge is 0.355 e. The maximum Gasteiger partial charge on any atom is 0.240 e. The van der Waals surface area contributed by atoms with Crippen LogP contribution in [0.4, 0.5) is 5.69 Å². The molecule has 0 spiro atoms. The summed E-state index contributed by atoms with van der Waals surface area (Å²) in [6, 6.07) is 8.24. The van der Waals surface area contributed by atoms with E-state index in [9.17, 15) is 13.2 Å². The van der Waals surface area contributed by atoms with Crippen LogP contribution in [0.15, 0.2) is 24.3 Å². The van der Waals surface area contributed by atoms with Gasteiger partial charge in [0.1, 0.15) is 12.6 Å². The summed E-state index contributed by atoms with van der Waals surface area (Å²) >= 11 is 0. The minimum Gasteiger partial charge on any atom is -0.355 e. The van der Waals surface area contributed by atoms with Crippen LogP contribution in [0.25, 0.3) is 0 Å². The van der Waals surface area contributed by atoms with Crippen molar-refractivity contribution in [1.29, 1.82) is 5.26 Å². The van der Waals surface area contributed by atoms with E-state index >= 15 is 0 Å². The first-order valence-corrected chi connectivity index (χ1v) is 8.48. The van der Waals surface area contributed by atoms with Gasteiger partial charge in [-0.05, 0) is 18.6 Å². The molecule has 0 radical (unpaired) electrons. The van der Waals surface area contributed by atoms with Crippen molar-refractivity contribution in [1.82, 2.24) is 5.32 Å². The van der Waals surface area contributed by atoms with Crippen LogP contribution in [-0.2, 0) is 14.8 Å². The molecule has 0 atom stereocenters. The molecule has 0 aliphatic carbocycles. The SMILES string of the molecule is CCCCNC(=O)CN(c1ccccc1C#N)S(C)(=O)=O. The lowest BCUT2D eigenvalue weighted by molar-refractivity contribution is -0.119. The molecule has 0 heterocycles. The highest BCUT2D eigenvalue weighted by Crippen LogP contribution is 2.21. The third-order valence-corrected chi connectivity index (χ3v) is 3.96. The Kier molecular flexibility index (Phi) is 6.18. The van der Waals surface area contributed by atoms with E-state index in [-0.39, 0.29) is 23.7 Å². The Bertz CT molecular complexity index is 635. The van der Waals surface area contributed by atoms with Crippen molar-refractivity contribution in [3.05, 3.63) is 29.8 Å². The molecule has 1 amide bonds. The zero-order valence-corrected chi connectivity index (χ0v) is 13.0. The molecule has 114 valence electrons. The molecule has 0 aliphatic rings. The Labute approximate surface area is 125 Å². The Morgan fingerprint density at radius 1 is 1.38 bits per heavy atom. The van der Waals surface area contributed by atoms with E-state index in [1.807, 2.05) is 13.0 Å². The molecule has 0 aliphatic heterocycles. The molecule has 0 unspecified atom stereocenters. The summed E-state index contributed by atoms with van der Waals surface area (Å²) in [6.45, 7) is 2.17. The number of sulfonamides is 1. The average molecular weight is 309 g/mol. The first-order valence-electron chi connectivity index (χ1n) is 6.63. The van der Waals surface area contributed by atoms with Gasteiger partial charge in [0.2, 0.25) is 15.9 Å². The molecule has 0 fully saturated rings. The summed E-state index contributed by atoms with van der Waals surface area (Å²) in [4.78, 5) is 11.8. The van der Waals surface area contributed by atoms with E-state index in [0.717, 1.165) is 23.4 Å². The number of hydrogen-bond acceptors (Lipinski definition) is 4. The molecule has 0 saturated carbocycles. The van der Waals surface area contributed by atoms with Crippen molar-refractivity contribution in [3.63, 3.8) is 0 Å². The molecule has 0 bridgehead atoms. The fraction of sp³-hybridized carbons (Fsp3) is 0.429. The number of carbonyl (C=O) groups excluding carboxylic acids is 1. The predicted molar refractivity (Wildman–Crippen MR) is 81.3 cm³/mol. The number of para-hydroxylation sites is 1. The Balaban J connectivity index is 2.98. The molecule has 1 rings (SSSR count). The molecule has 21 heavy (non-hydrogen) atoms. The number of amides is 1. The monoisotopic (exact) mass is 309 g/mol. The zero-order valence-electron chi connectivity index (χ0n) is 12.2. The average Bonchev–Trinajstić information content (AvgIpc) is 2.44. The van der Waals surface area contributed by atoms with Crippen LogP contribution in [0.5, 0.6) is 0 Å². The highest BCUT2D eigenvalue weighted by Gasteiger charge is 2.22. The van der Waals surface area contributed by atoms with Crippen LogP contribution in [0.3, 0.4) is 0 Å². The van der Waals surface area contributed by atoms with Crippen molar-refractivity contribution in [2.45, 2.75) is 19.8 Å². The molecular weight excluding hydrogens is 290 g/mol. The van der Waals surface area contributed by atoms with Crippen molar-refractivity contribution < 1.29 is 13.2 Å². The van der Waals surface area contributed by atoms with Gasteiger partial charge in [0.25, 0.3) is 0 Å². The Morgan fingerprint density at radius 2 is 2.05 bits per heavy atom. The number of carbonyl (C=O) groups is 1. The lowest BCUT2D eigenvalue weighted by Gasteiger charge is -2.22. The second-order valence-corrected chi connectivity index (χ2v) is 6.51. The normalized spacial score (nSPS) is 10.7. The van der Waals surface area contributed by atoms with Gasteiger partial charge < -0.3 is 5.32 Å². The minimum atomic E-state index is -3.65. The molecule has 1 N–H and O–H groups in total. The molecule has 0 aromatic heterocycles. The minimum absolute atomic E-state index is 0.212. The van der Waals surface area contributed by atoms with E-state index in [0.29, 0.717) is 6.54 Å². The summed E-state index contributed by atoms with van der Waals surface area (Å²) < 4.78 is 24.8. The highest BCUT2D eigenvalue weighted by molar-refractivity contribution is 7.92. The van der Waals surface area contributed by atoms with Crippen LogP contribution in [0, 0.1) is 11.3 Å². The van der Waals surface area contributed by atoms with Gasteiger partial charge in [-0.2, -0.15) is 5.26 Å². The van der Waals surface area contributed by atoms with Crippen LogP contribution in [0.2, 0.25) is 0 Å². The van der Waals surface area contributed by atoms with Crippen molar-refractivity contribution >= 4 is 21.6 Å². The predicted octanol–water partition coefficient (Wildman–Crippen LogP) is 1.24. The van der Waals surface area contributed by atoms with Crippen LogP contribution < -0.4 is 9.62 Å². The van der Waals surface area contributed by atoms with E-state index in [2.05, 4.69) is 5.32 Å². The van der Waals surface area contributed by atoms with Crippen LogP contribution >= 0.6 is 0 Å². The van der Waals surface area contributed by atoms with Gasteiger partial charge in [0.15, 0.2) is 0 Å². The highest BCUT2D eigenvalue weighted by atomic mass is 32.2. The molecule has 1 aromatic rings. The van der Waals surface area contributed by atoms with Gasteiger partial charge in [-0.3, -0.25) is 9.10 Å².